The number of hydrogen-bond acceptors (Lipinski definition) is 3. The maximum Gasteiger partial charge on any atom is 0.434 e. The highest BCUT2D eigenvalue weighted by Crippen LogP contribution is 2.31. The van der Waals surface area contributed by atoms with Crippen molar-refractivity contribution in [2.45, 2.75) is 46.0 Å². The molecule has 142 valence electrons. The summed E-state index contributed by atoms with van der Waals surface area (Å²) in [4.78, 5) is 15.4. The van der Waals surface area contributed by atoms with Gasteiger partial charge in [-0.05, 0) is 38.8 Å². The number of amides is 1. The monoisotopic (exact) mass is 369 g/mol. The molecule has 0 aliphatic rings. The van der Waals surface area contributed by atoms with E-state index in [1.54, 1.807) is 45.9 Å². The first-order valence-corrected chi connectivity index (χ1v) is 8.04. The lowest BCUT2D eigenvalue weighted by Gasteiger charge is -2.19. The van der Waals surface area contributed by atoms with Crippen molar-refractivity contribution < 1.29 is 22.7 Å². The van der Waals surface area contributed by atoms with Crippen LogP contribution >= 0.6 is 0 Å². The molecule has 0 saturated carbocycles. The van der Waals surface area contributed by atoms with E-state index in [0.717, 1.165) is 17.3 Å². The van der Waals surface area contributed by atoms with E-state index < -0.39 is 23.6 Å². The van der Waals surface area contributed by atoms with Crippen molar-refractivity contribution in [1.82, 2.24) is 14.9 Å². The van der Waals surface area contributed by atoms with Gasteiger partial charge in [0.25, 0.3) is 0 Å². The third-order valence-electron chi connectivity index (χ3n) is 3.53. The highest BCUT2D eigenvalue weighted by Gasteiger charge is 2.34. The Kier molecular flexibility index (Phi) is 5.34. The third-order valence-corrected chi connectivity index (χ3v) is 3.53. The van der Waals surface area contributed by atoms with E-state index in [2.05, 4.69) is 10.3 Å². The van der Waals surface area contributed by atoms with Crippen LogP contribution in [0.15, 0.2) is 24.4 Å². The maximum atomic E-state index is 12.8. The quantitative estimate of drug-likeness (QED) is 0.870. The second-order valence-corrected chi connectivity index (χ2v) is 7.06. The van der Waals surface area contributed by atoms with E-state index >= 15 is 0 Å². The number of carbonyl (C=O) groups excluding carboxylic acids is 1. The molecule has 1 N–H and O–H groups in total. The van der Waals surface area contributed by atoms with Gasteiger partial charge in [0.05, 0.1) is 0 Å². The van der Waals surface area contributed by atoms with Gasteiger partial charge in [0.2, 0.25) is 0 Å². The summed E-state index contributed by atoms with van der Waals surface area (Å²) >= 11 is 0. The molecule has 0 spiro atoms. The molecule has 0 aliphatic heterocycles. The number of aromatic nitrogens is 2. The van der Waals surface area contributed by atoms with Crippen molar-refractivity contribution >= 4 is 6.09 Å². The molecule has 1 aromatic carbocycles. The van der Waals surface area contributed by atoms with Crippen LogP contribution in [0.2, 0.25) is 0 Å². The number of rotatable bonds is 3. The number of imidazole rings is 1. The fourth-order valence-electron chi connectivity index (χ4n) is 2.43. The second-order valence-electron chi connectivity index (χ2n) is 7.06. The van der Waals surface area contributed by atoms with E-state index in [-0.39, 0.29) is 12.4 Å². The first-order valence-electron chi connectivity index (χ1n) is 8.04. The van der Waals surface area contributed by atoms with Gasteiger partial charge in [-0.3, -0.25) is 0 Å². The van der Waals surface area contributed by atoms with Crippen molar-refractivity contribution in [3.8, 4) is 11.4 Å². The van der Waals surface area contributed by atoms with Gasteiger partial charge in [0, 0.05) is 25.4 Å². The van der Waals surface area contributed by atoms with Gasteiger partial charge in [0.1, 0.15) is 11.4 Å². The average molecular weight is 369 g/mol. The van der Waals surface area contributed by atoms with Crippen molar-refractivity contribution in [1.29, 1.82) is 0 Å². The molecular formula is C18H22F3N3O2. The van der Waals surface area contributed by atoms with E-state index in [4.69, 9.17) is 4.74 Å². The first-order chi connectivity index (χ1) is 11.9. The minimum absolute atomic E-state index is 0.237. The highest BCUT2D eigenvalue weighted by molar-refractivity contribution is 5.68. The topological polar surface area (TPSA) is 56.1 Å². The van der Waals surface area contributed by atoms with E-state index in [1.807, 2.05) is 0 Å². The van der Waals surface area contributed by atoms with Gasteiger partial charge in [-0.1, -0.05) is 18.2 Å². The maximum absolute atomic E-state index is 12.8. The third kappa shape index (κ3) is 5.00. The van der Waals surface area contributed by atoms with E-state index in [9.17, 15) is 18.0 Å². The SMILES string of the molecule is Cc1cc(CNC(=O)OC(C)(C)C)ccc1-c1nc(C(F)(F)F)cn1C. The van der Waals surface area contributed by atoms with Gasteiger partial charge < -0.3 is 14.6 Å². The molecule has 0 aliphatic carbocycles. The largest absolute Gasteiger partial charge is 0.444 e. The Morgan fingerprint density at radius 2 is 1.92 bits per heavy atom. The van der Waals surface area contributed by atoms with Gasteiger partial charge >= 0.3 is 12.3 Å². The molecule has 5 nitrogen and oxygen atoms in total. The van der Waals surface area contributed by atoms with Crippen LogP contribution in [0.3, 0.4) is 0 Å². The summed E-state index contributed by atoms with van der Waals surface area (Å²) in [6.45, 7) is 7.35. The Morgan fingerprint density at radius 1 is 1.27 bits per heavy atom. The Hall–Kier alpha value is -2.51. The Morgan fingerprint density at radius 3 is 2.42 bits per heavy atom. The molecule has 1 amide bonds. The van der Waals surface area contributed by atoms with Crippen molar-refractivity contribution in [3.05, 3.63) is 41.2 Å². The van der Waals surface area contributed by atoms with Gasteiger partial charge in [-0.2, -0.15) is 13.2 Å². The van der Waals surface area contributed by atoms with Crippen LogP contribution < -0.4 is 5.32 Å². The number of nitrogens with zero attached hydrogens (tertiary/aromatic N) is 2. The molecule has 0 radical (unpaired) electrons. The standard InChI is InChI=1S/C18H22F3N3O2/c1-11-8-12(9-22-16(25)26-17(2,3)4)6-7-13(11)15-23-14(10-24(15)5)18(19,20)21/h6-8,10H,9H2,1-5H3,(H,22,25). The minimum Gasteiger partial charge on any atom is -0.444 e. The molecule has 1 heterocycles. The summed E-state index contributed by atoms with van der Waals surface area (Å²) in [5.74, 6) is 0.237. The van der Waals surface area contributed by atoms with E-state index in [1.165, 1.54) is 11.6 Å². The summed E-state index contributed by atoms with van der Waals surface area (Å²) in [5, 5.41) is 2.65. The van der Waals surface area contributed by atoms with Gasteiger partial charge in [-0.25, -0.2) is 9.78 Å². The van der Waals surface area contributed by atoms with Crippen LogP contribution in [0, 0.1) is 6.92 Å². The fraction of sp³-hybridized carbons (Fsp3) is 0.444. The Bertz CT molecular complexity index is 805. The minimum atomic E-state index is -4.48. The zero-order valence-electron chi connectivity index (χ0n) is 15.4. The smallest absolute Gasteiger partial charge is 0.434 e. The molecule has 0 fully saturated rings. The predicted molar refractivity (Wildman–Crippen MR) is 91.5 cm³/mol. The fourth-order valence-corrected chi connectivity index (χ4v) is 2.43. The van der Waals surface area contributed by atoms with Crippen LogP contribution in [0.4, 0.5) is 18.0 Å². The van der Waals surface area contributed by atoms with Crippen molar-refractivity contribution in [3.63, 3.8) is 0 Å². The molecule has 0 bridgehead atoms. The molecule has 8 heteroatoms. The van der Waals surface area contributed by atoms with Crippen molar-refractivity contribution in [2.24, 2.45) is 7.05 Å². The zero-order chi connectivity index (χ0) is 19.7. The molecule has 0 unspecified atom stereocenters. The van der Waals surface area contributed by atoms with Crippen LogP contribution in [-0.2, 0) is 24.5 Å². The number of hydrogen-bond donors (Lipinski definition) is 1. The number of ether oxygens (including phenoxy) is 1. The highest BCUT2D eigenvalue weighted by atomic mass is 19.4. The van der Waals surface area contributed by atoms with Gasteiger partial charge in [0.15, 0.2) is 5.69 Å². The van der Waals surface area contributed by atoms with Crippen molar-refractivity contribution in [2.75, 3.05) is 0 Å². The number of benzene rings is 1. The normalized spacial score (nSPS) is 12.2. The molecule has 2 aromatic rings. The second kappa shape index (κ2) is 7.01. The lowest BCUT2D eigenvalue weighted by molar-refractivity contribution is -0.140. The number of aryl methyl sites for hydroxylation is 2. The summed E-state index contributed by atoms with van der Waals surface area (Å²) < 4.78 is 45.0. The first kappa shape index (κ1) is 19.8. The molecule has 26 heavy (non-hydrogen) atoms. The number of halogens is 3. The molecule has 2 rings (SSSR count). The summed E-state index contributed by atoms with van der Waals surface area (Å²) in [6, 6.07) is 5.24. The molecular weight excluding hydrogens is 347 g/mol. The molecule has 1 aromatic heterocycles. The van der Waals surface area contributed by atoms with Crippen LogP contribution in [0.5, 0.6) is 0 Å². The van der Waals surface area contributed by atoms with Crippen LogP contribution in [-0.4, -0.2) is 21.2 Å². The molecule has 0 saturated heterocycles. The lowest BCUT2D eigenvalue weighted by Crippen LogP contribution is -2.32. The summed E-state index contributed by atoms with van der Waals surface area (Å²) in [7, 11) is 1.52. The number of carbonyl (C=O) groups is 1. The Balaban J connectivity index is 2.15. The Labute approximate surface area is 150 Å². The number of nitrogens with one attached hydrogen (secondary N) is 1. The zero-order valence-corrected chi connectivity index (χ0v) is 15.4. The van der Waals surface area contributed by atoms with Gasteiger partial charge in [-0.15, -0.1) is 0 Å². The van der Waals surface area contributed by atoms with E-state index in [0.29, 0.717) is 5.56 Å². The number of alkyl halides is 3. The number of alkyl carbamates (subject to hydrolysis) is 1. The summed E-state index contributed by atoms with van der Waals surface area (Å²) in [6.07, 6.45) is -4.05. The lowest BCUT2D eigenvalue weighted by atomic mass is 10.0. The predicted octanol–water partition coefficient (Wildman–Crippen LogP) is 4.44. The average Bonchev–Trinajstić information content (AvgIpc) is 2.85. The van der Waals surface area contributed by atoms with Crippen LogP contribution in [0.1, 0.15) is 37.6 Å². The summed E-state index contributed by atoms with van der Waals surface area (Å²) in [5.41, 5.74) is 0.658. The molecule has 0 atom stereocenters. The van der Waals surface area contributed by atoms with Crippen LogP contribution in [0.25, 0.3) is 11.4 Å².